The number of aryl methyl sites for hydroxylation is 1. The Morgan fingerprint density at radius 2 is 2.35 bits per heavy atom. The standard InChI is InChI=1S/C15H24N4O/c1-2-6-16-9-12-10-20-8-7-19(12)15-13-4-3-5-14(13)17-11-18-15/h11-12,16H,2-10H2,1H3. The minimum absolute atomic E-state index is 0.384. The molecule has 1 aromatic rings. The molecule has 110 valence electrons. The lowest BCUT2D eigenvalue weighted by Gasteiger charge is -2.37. The summed E-state index contributed by atoms with van der Waals surface area (Å²) in [6.45, 7) is 6.73. The van der Waals surface area contributed by atoms with Crippen LogP contribution in [0.3, 0.4) is 0 Å². The van der Waals surface area contributed by atoms with Gasteiger partial charge >= 0.3 is 0 Å². The molecule has 1 fully saturated rings. The van der Waals surface area contributed by atoms with Gasteiger partial charge in [0, 0.05) is 24.3 Å². The van der Waals surface area contributed by atoms with Crippen molar-refractivity contribution in [2.45, 2.75) is 38.6 Å². The van der Waals surface area contributed by atoms with Crippen molar-refractivity contribution in [2.24, 2.45) is 0 Å². The molecule has 1 atom stereocenters. The third-order valence-corrected chi connectivity index (χ3v) is 4.16. The van der Waals surface area contributed by atoms with Crippen LogP contribution in [0.2, 0.25) is 0 Å². The van der Waals surface area contributed by atoms with Crippen LogP contribution in [0.5, 0.6) is 0 Å². The zero-order chi connectivity index (χ0) is 13.8. The normalized spacial score (nSPS) is 22.1. The van der Waals surface area contributed by atoms with E-state index in [1.165, 1.54) is 17.7 Å². The molecule has 0 aromatic carbocycles. The lowest BCUT2D eigenvalue weighted by atomic mass is 10.1. The van der Waals surface area contributed by atoms with E-state index in [9.17, 15) is 0 Å². The maximum absolute atomic E-state index is 5.66. The summed E-state index contributed by atoms with van der Waals surface area (Å²) in [6.07, 6.45) is 6.33. The smallest absolute Gasteiger partial charge is 0.135 e. The second-order valence-electron chi connectivity index (χ2n) is 5.60. The number of rotatable bonds is 5. The molecule has 1 unspecified atom stereocenters. The fourth-order valence-electron chi connectivity index (χ4n) is 3.14. The SMILES string of the molecule is CCCNCC1COCCN1c1ncnc2c1CCC2. The molecule has 3 rings (SSSR count). The Bertz CT molecular complexity index is 451. The number of hydrogen-bond acceptors (Lipinski definition) is 5. The molecular formula is C15H24N4O. The first-order valence-electron chi connectivity index (χ1n) is 7.78. The van der Waals surface area contributed by atoms with E-state index >= 15 is 0 Å². The monoisotopic (exact) mass is 276 g/mol. The first-order valence-corrected chi connectivity index (χ1v) is 7.78. The lowest BCUT2D eigenvalue weighted by molar-refractivity contribution is 0.0933. The zero-order valence-electron chi connectivity index (χ0n) is 12.3. The number of nitrogens with zero attached hydrogens (tertiary/aromatic N) is 3. The van der Waals surface area contributed by atoms with Gasteiger partial charge in [0.05, 0.1) is 19.3 Å². The first-order chi connectivity index (χ1) is 9.90. The largest absolute Gasteiger partial charge is 0.377 e. The second kappa shape index (κ2) is 6.50. The molecule has 1 aromatic heterocycles. The summed E-state index contributed by atoms with van der Waals surface area (Å²) in [5.41, 5.74) is 2.62. The molecule has 2 aliphatic rings. The van der Waals surface area contributed by atoms with Gasteiger partial charge in [0.15, 0.2) is 0 Å². The van der Waals surface area contributed by atoms with Gasteiger partial charge in [0.1, 0.15) is 12.1 Å². The summed E-state index contributed by atoms with van der Waals surface area (Å²) in [5.74, 6) is 1.15. The van der Waals surface area contributed by atoms with Crippen molar-refractivity contribution in [3.63, 3.8) is 0 Å². The summed E-state index contributed by atoms with van der Waals surface area (Å²) in [4.78, 5) is 11.4. The van der Waals surface area contributed by atoms with Crippen molar-refractivity contribution >= 4 is 5.82 Å². The number of hydrogen-bond donors (Lipinski definition) is 1. The predicted octanol–water partition coefficient (Wildman–Crippen LogP) is 1.17. The second-order valence-corrected chi connectivity index (χ2v) is 5.60. The van der Waals surface area contributed by atoms with Gasteiger partial charge in [0.25, 0.3) is 0 Å². The third kappa shape index (κ3) is 2.79. The Morgan fingerprint density at radius 3 is 3.25 bits per heavy atom. The van der Waals surface area contributed by atoms with Gasteiger partial charge in [-0.05, 0) is 32.2 Å². The molecule has 1 aliphatic carbocycles. The minimum atomic E-state index is 0.384. The van der Waals surface area contributed by atoms with Crippen molar-refractivity contribution < 1.29 is 4.74 Å². The molecule has 0 spiro atoms. The van der Waals surface area contributed by atoms with Gasteiger partial charge in [-0.2, -0.15) is 0 Å². The van der Waals surface area contributed by atoms with Crippen LogP contribution in [-0.2, 0) is 17.6 Å². The molecule has 2 heterocycles. The van der Waals surface area contributed by atoms with Gasteiger partial charge in [0.2, 0.25) is 0 Å². The molecule has 20 heavy (non-hydrogen) atoms. The van der Waals surface area contributed by atoms with Crippen LogP contribution in [0.4, 0.5) is 5.82 Å². The molecule has 1 aliphatic heterocycles. The average Bonchev–Trinajstić information content (AvgIpc) is 2.96. The molecular weight excluding hydrogens is 252 g/mol. The van der Waals surface area contributed by atoms with E-state index < -0.39 is 0 Å². The summed E-state index contributed by atoms with van der Waals surface area (Å²) >= 11 is 0. The molecule has 0 bridgehead atoms. The van der Waals surface area contributed by atoms with E-state index in [1.807, 2.05) is 0 Å². The Kier molecular flexibility index (Phi) is 4.47. The Hall–Kier alpha value is -1.20. The van der Waals surface area contributed by atoms with Crippen LogP contribution < -0.4 is 10.2 Å². The van der Waals surface area contributed by atoms with Gasteiger partial charge in [-0.1, -0.05) is 6.92 Å². The zero-order valence-corrected chi connectivity index (χ0v) is 12.3. The first kappa shape index (κ1) is 13.8. The average molecular weight is 276 g/mol. The van der Waals surface area contributed by atoms with E-state index in [4.69, 9.17) is 4.74 Å². The summed E-state index contributed by atoms with van der Waals surface area (Å²) in [6, 6.07) is 0.384. The van der Waals surface area contributed by atoms with Gasteiger partial charge in [-0.25, -0.2) is 9.97 Å². The third-order valence-electron chi connectivity index (χ3n) is 4.16. The van der Waals surface area contributed by atoms with Crippen LogP contribution in [0.25, 0.3) is 0 Å². The maximum atomic E-state index is 5.66. The van der Waals surface area contributed by atoms with Crippen molar-refractivity contribution in [1.82, 2.24) is 15.3 Å². The summed E-state index contributed by atoms with van der Waals surface area (Å²) < 4.78 is 5.66. The van der Waals surface area contributed by atoms with E-state index in [1.54, 1.807) is 6.33 Å². The number of nitrogens with one attached hydrogen (secondary N) is 1. The van der Waals surface area contributed by atoms with Crippen LogP contribution in [0.1, 0.15) is 31.0 Å². The quantitative estimate of drug-likeness (QED) is 0.818. The number of ether oxygens (including phenoxy) is 1. The van der Waals surface area contributed by atoms with Crippen LogP contribution in [-0.4, -0.2) is 48.9 Å². The fourth-order valence-corrected chi connectivity index (χ4v) is 3.14. The topological polar surface area (TPSA) is 50.3 Å². The molecule has 1 saturated heterocycles. The number of anilines is 1. The highest BCUT2D eigenvalue weighted by Crippen LogP contribution is 2.29. The molecule has 5 nitrogen and oxygen atoms in total. The van der Waals surface area contributed by atoms with Crippen LogP contribution in [0, 0.1) is 0 Å². The number of fused-ring (bicyclic) bond motifs is 1. The lowest BCUT2D eigenvalue weighted by Crippen LogP contribution is -2.51. The van der Waals surface area contributed by atoms with Gasteiger partial charge < -0.3 is 15.0 Å². The van der Waals surface area contributed by atoms with E-state index in [-0.39, 0.29) is 0 Å². The highest BCUT2D eigenvalue weighted by Gasteiger charge is 2.28. The fraction of sp³-hybridized carbons (Fsp3) is 0.733. The van der Waals surface area contributed by atoms with E-state index in [0.717, 1.165) is 57.9 Å². The molecule has 0 saturated carbocycles. The molecule has 0 radical (unpaired) electrons. The van der Waals surface area contributed by atoms with Crippen molar-refractivity contribution in [3.8, 4) is 0 Å². The van der Waals surface area contributed by atoms with Crippen LogP contribution >= 0.6 is 0 Å². The molecule has 1 N–H and O–H groups in total. The van der Waals surface area contributed by atoms with Gasteiger partial charge in [-0.3, -0.25) is 0 Å². The van der Waals surface area contributed by atoms with E-state index in [2.05, 4.69) is 27.1 Å². The van der Waals surface area contributed by atoms with E-state index in [0.29, 0.717) is 6.04 Å². The van der Waals surface area contributed by atoms with Crippen molar-refractivity contribution in [1.29, 1.82) is 0 Å². The van der Waals surface area contributed by atoms with Crippen LogP contribution in [0.15, 0.2) is 6.33 Å². The summed E-state index contributed by atoms with van der Waals surface area (Å²) in [7, 11) is 0. The Labute approximate surface area is 120 Å². The number of morpholine rings is 1. The Morgan fingerprint density at radius 1 is 1.40 bits per heavy atom. The molecule has 5 heteroatoms. The van der Waals surface area contributed by atoms with Gasteiger partial charge in [-0.15, -0.1) is 0 Å². The predicted molar refractivity (Wildman–Crippen MR) is 79.2 cm³/mol. The maximum Gasteiger partial charge on any atom is 0.135 e. The Balaban J connectivity index is 1.77. The number of aromatic nitrogens is 2. The van der Waals surface area contributed by atoms with Crippen molar-refractivity contribution in [3.05, 3.63) is 17.6 Å². The highest BCUT2D eigenvalue weighted by atomic mass is 16.5. The molecule has 0 amide bonds. The highest BCUT2D eigenvalue weighted by molar-refractivity contribution is 5.51. The summed E-state index contributed by atoms with van der Waals surface area (Å²) in [5, 5.41) is 3.51. The van der Waals surface area contributed by atoms with Crippen molar-refractivity contribution in [2.75, 3.05) is 37.7 Å². The minimum Gasteiger partial charge on any atom is -0.377 e.